The molecule has 4 N–H and O–H groups in total. The van der Waals surface area contributed by atoms with Gasteiger partial charge in [-0.2, -0.15) is 0 Å². The topological polar surface area (TPSA) is 155 Å². The normalized spacial score (nSPS) is 13.2. The summed E-state index contributed by atoms with van der Waals surface area (Å²) in [6, 6.07) is 21.1. The summed E-state index contributed by atoms with van der Waals surface area (Å²) in [5, 5.41) is 21.4. The maximum absolute atomic E-state index is 13.7. The van der Waals surface area contributed by atoms with E-state index in [2.05, 4.69) is 26.0 Å². The van der Waals surface area contributed by atoms with Gasteiger partial charge in [0.05, 0.1) is 35.7 Å². The van der Waals surface area contributed by atoms with E-state index in [9.17, 15) is 19.5 Å². The highest BCUT2D eigenvalue weighted by Gasteiger charge is 2.35. The highest BCUT2D eigenvalue weighted by atomic mass is 32.1. The van der Waals surface area contributed by atoms with E-state index in [1.54, 1.807) is 11.2 Å². The number of aromatic nitrogens is 2. The maximum Gasteiger partial charge on any atom is 0.407 e. The second kappa shape index (κ2) is 17.5. The van der Waals surface area contributed by atoms with Crippen LogP contribution in [0.1, 0.15) is 42.6 Å². The zero-order chi connectivity index (χ0) is 35.4. The highest BCUT2D eigenvalue weighted by Crippen LogP contribution is 2.21. The van der Waals surface area contributed by atoms with Crippen LogP contribution in [-0.2, 0) is 33.8 Å². The van der Waals surface area contributed by atoms with Gasteiger partial charge in [0, 0.05) is 30.2 Å². The average molecular weight is 689 g/mol. The number of aliphatic hydroxyl groups excluding tert-OH is 1. The molecular weight excluding hydrogens is 644 g/mol. The van der Waals surface area contributed by atoms with Crippen LogP contribution < -0.4 is 16.1 Å². The molecule has 0 unspecified atom stereocenters. The van der Waals surface area contributed by atoms with Crippen molar-refractivity contribution >= 4 is 29.4 Å². The molecule has 0 saturated heterocycles. The fourth-order valence-corrected chi connectivity index (χ4v) is 5.67. The number of carbonyl (C=O) groups excluding carboxylic acids is 3. The molecule has 3 amide bonds. The maximum atomic E-state index is 13.7. The van der Waals surface area contributed by atoms with Gasteiger partial charge in [-0.1, -0.05) is 81.4 Å². The predicted octanol–water partition coefficient (Wildman–Crippen LogP) is 5.02. The number of nitrogens with one attached hydrogen (secondary N) is 3. The Hall–Kier alpha value is -4.85. The van der Waals surface area contributed by atoms with Crippen molar-refractivity contribution in [3.63, 3.8) is 0 Å². The Morgan fingerprint density at radius 1 is 0.939 bits per heavy atom. The summed E-state index contributed by atoms with van der Waals surface area (Å²) in [5.74, 6) is -0.499. The zero-order valence-corrected chi connectivity index (χ0v) is 29.2. The van der Waals surface area contributed by atoms with Crippen molar-refractivity contribution in [3.05, 3.63) is 106 Å². The fraction of sp³-hybridized carbons (Fsp3) is 0.361. The van der Waals surface area contributed by atoms with Crippen LogP contribution >= 0.6 is 11.3 Å². The number of hydrogen-bond donors (Lipinski definition) is 4. The number of aryl methyl sites for hydroxylation is 1. The van der Waals surface area contributed by atoms with Crippen LogP contribution in [0.4, 0.5) is 9.59 Å². The molecule has 0 bridgehead atoms. The first-order chi connectivity index (χ1) is 23.4. The Balaban J connectivity index is 1.56. The Kier molecular flexibility index (Phi) is 13.2. The molecule has 4 aromatic rings. The minimum Gasteiger partial charge on any atom is -0.453 e. The molecular formula is C36H44N6O6S. The van der Waals surface area contributed by atoms with Crippen molar-refractivity contribution in [2.24, 2.45) is 5.41 Å². The van der Waals surface area contributed by atoms with Gasteiger partial charge in [-0.05, 0) is 42.0 Å². The van der Waals surface area contributed by atoms with E-state index in [0.717, 1.165) is 27.4 Å². The van der Waals surface area contributed by atoms with Crippen LogP contribution in [0, 0.1) is 12.3 Å². The molecule has 260 valence electrons. The first kappa shape index (κ1) is 37.0. The molecule has 2 aromatic carbocycles. The van der Waals surface area contributed by atoms with Gasteiger partial charge < -0.3 is 25.2 Å². The Labute approximate surface area is 290 Å². The van der Waals surface area contributed by atoms with E-state index in [-0.39, 0.29) is 19.7 Å². The summed E-state index contributed by atoms with van der Waals surface area (Å²) < 4.78 is 10.2. The largest absolute Gasteiger partial charge is 0.453 e. The van der Waals surface area contributed by atoms with Crippen molar-refractivity contribution in [3.8, 4) is 11.3 Å². The quantitative estimate of drug-likeness (QED) is 0.134. The van der Waals surface area contributed by atoms with Gasteiger partial charge in [0.2, 0.25) is 0 Å². The van der Waals surface area contributed by atoms with Gasteiger partial charge in [0.25, 0.3) is 5.91 Å². The summed E-state index contributed by atoms with van der Waals surface area (Å²) in [6.45, 7) is 7.44. The fourth-order valence-electron chi connectivity index (χ4n) is 5.07. The smallest absolute Gasteiger partial charge is 0.407 e. The Morgan fingerprint density at radius 3 is 2.27 bits per heavy atom. The molecule has 2 heterocycles. The molecule has 0 spiro atoms. The average Bonchev–Trinajstić information content (AvgIpc) is 3.51. The van der Waals surface area contributed by atoms with Crippen molar-refractivity contribution in [2.45, 2.75) is 65.5 Å². The monoisotopic (exact) mass is 688 g/mol. The summed E-state index contributed by atoms with van der Waals surface area (Å²) in [4.78, 5) is 47.6. The number of aliphatic hydroxyl groups is 1. The number of hydrazine groups is 1. The first-order valence-corrected chi connectivity index (χ1v) is 16.8. The van der Waals surface area contributed by atoms with E-state index in [1.807, 2.05) is 106 Å². The summed E-state index contributed by atoms with van der Waals surface area (Å²) in [7, 11) is 1.23. The zero-order valence-electron chi connectivity index (χ0n) is 28.4. The number of ether oxygens (including phenoxy) is 2. The number of rotatable bonds is 14. The van der Waals surface area contributed by atoms with E-state index >= 15 is 0 Å². The third-order valence-corrected chi connectivity index (χ3v) is 8.45. The number of carbonyl (C=O) groups is 3. The number of nitrogens with zero attached hydrogens (tertiary/aromatic N) is 3. The number of benzene rings is 2. The molecule has 0 saturated carbocycles. The lowest BCUT2D eigenvalue weighted by Gasteiger charge is -2.34. The van der Waals surface area contributed by atoms with Gasteiger partial charge in [0.1, 0.15) is 12.6 Å². The minimum atomic E-state index is -1.16. The van der Waals surface area contributed by atoms with E-state index in [1.165, 1.54) is 18.4 Å². The molecule has 0 aliphatic carbocycles. The van der Waals surface area contributed by atoms with E-state index < -0.39 is 41.7 Å². The van der Waals surface area contributed by atoms with Crippen molar-refractivity contribution < 1.29 is 29.0 Å². The lowest BCUT2D eigenvalue weighted by Crippen LogP contribution is -2.59. The number of thiazole rings is 1. The summed E-state index contributed by atoms with van der Waals surface area (Å²) in [5.41, 5.74) is 6.33. The van der Waals surface area contributed by atoms with Crippen LogP contribution in [0.5, 0.6) is 0 Å². The predicted molar refractivity (Wildman–Crippen MR) is 187 cm³/mol. The van der Waals surface area contributed by atoms with Crippen LogP contribution in [0.2, 0.25) is 0 Å². The van der Waals surface area contributed by atoms with Crippen LogP contribution in [0.3, 0.4) is 0 Å². The second-order valence-corrected chi connectivity index (χ2v) is 13.7. The molecule has 0 aliphatic heterocycles. The molecule has 12 nitrogen and oxygen atoms in total. The van der Waals surface area contributed by atoms with Crippen LogP contribution in [0.25, 0.3) is 11.3 Å². The second-order valence-electron chi connectivity index (χ2n) is 12.6. The third kappa shape index (κ3) is 11.7. The molecule has 49 heavy (non-hydrogen) atoms. The number of alkyl carbamates (subject to hydrolysis) is 2. The minimum absolute atomic E-state index is 0.0115. The van der Waals surface area contributed by atoms with Gasteiger partial charge in [-0.3, -0.25) is 15.2 Å². The number of pyridine rings is 1. The Morgan fingerprint density at radius 2 is 1.65 bits per heavy atom. The van der Waals surface area contributed by atoms with Crippen LogP contribution in [0.15, 0.2) is 84.4 Å². The van der Waals surface area contributed by atoms with Crippen molar-refractivity contribution in [1.29, 1.82) is 0 Å². The first-order valence-electron chi connectivity index (χ1n) is 15.9. The van der Waals surface area contributed by atoms with Crippen molar-refractivity contribution in [2.75, 3.05) is 13.7 Å². The molecule has 2 aromatic heterocycles. The van der Waals surface area contributed by atoms with E-state index in [0.29, 0.717) is 12.1 Å². The van der Waals surface area contributed by atoms with Gasteiger partial charge in [0.15, 0.2) is 0 Å². The molecule has 4 rings (SSSR count). The lowest BCUT2D eigenvalue weighted by atomic mass is 9.86. The molecule has 0 fully saturated rings. The molecule has 3 atom stereocenters. The summed E-state index contributed by atoms with van der Waals surface area (Å²) in [6.07, 6.45) is -0.594. The SMILES string of the molecule is COC(=O)N[C@H](C(=O)NN(Cc1ccc(-c2ccccn2)cc1)C[C@H](O)[C@H](Cc1ccccc1)NC(=O)OCc1csc(C)n1)C(C)(C)C. The van der Waals surface area contributed by atoms with Crippen molar-refractivity contribution in [1.82, 2.24) is 31.0 Å². The standard InChI is InChI=1S/C36H44N6O6S/c1-24-38-28(23-49-24)22-48-35(46)39-30(19-25-11-7-6-8-12-25)31(43)21-42(41-33(44)32(36(2,3)4)40-34(45)47-5)20-26-14-16-27(17-15-26)29-13-9-10-18-37-29/h6-18,23,30-32,43H,19-22H2,1-5H3,(H,39,46)(H,40,45)(H,41,44)/t30-,31-,32+/m0/s1. The third-order valence-electron chi connectivity index (χ3n) is 7.62. The van der Waals surface area contributed by atoms with Crippen LogP contribution in [-0.4, -0.2) is 70.0 Å². The highest BCUT2D eigenvalue weighted by molar-refractivity contribution is 7.09. The number of amides is 3. The Bertz CT molecular complexity index is 1650. The van der Waals surface area contributed by atoms with Gasteiger partial charge >= 0.3 is 12.2 Å². The molecule has 0 radical (unpaired) electrons. The number of methoxy groups -OCH3 is 1. The summed E-state index contributed by atoms with van der Waals surface area (Å²) >= 11 is 1.46. The molecule has 0 aliphatic rings. The van der Waals surface area contributed by atoms with Gasteiger partial charge in [-0.15, -0.1) is 11.3 Å². The molecule has 13 heteroatoms. The number of hydrogen-bond acceptors (Lipinski definition) is 10. The van der Waals surface area contributed by atoms with Gasteiger partial charge in [-0.25, -0.2) is 19.6 Å². The van der Waals surface area contributed by atoms with E-state index in [4.69, 9.17) is 9.47 Å². The lowest BCUT2D eigenvalue weighted by molar-refractivity contribution is -0.131.